The molecule has 2 aromatic rings. The molecular formula is C19H20F3NO. The first-order chi connectivity index (χ1) is 11.4. The van der Waals surface area contributed by atoms with Gasteiger partial charge in [-0.3, -0.25) is 4.79 Å². The Morgan fingerprint density at radius 3 is 2.46 bits per heavy atom. The first-order valence-corrected chi connectivity index (χ1v) is 7.84. The maximum absolute atomic E-state index is 12.7. The molecule has 2 nitrogen and oxygen atoms in total. The SMILES string of the molecule is CC(CCNC(=O)Cc1cccc(C(F)(F)F)c1)c1ccccc1. The van der Waals surface area contributed by atoms with Gasteiger partial charge in [0.25, 0.3) is 0 Å². The van der Waals surface area contributed by atoms with Gasteiger partial charge in [-0.2, -0.15) is 13.2 Å². The number of nitrogens with one attached hydrogen (secondary N) is 1. The Bertz CT molecular complexity index is 668. The summed E-state index contributed by atoms with van der Waals surface area (Å²) in [4.78, 5) is 11.9. The number of hydrogen-bond donors (Lipinski definition) is 1. The highest BCUT2D eigenvalue weighted by molar-refractivity contribution is 5.78. The van der Waals surface area contributed by atoms with Crippen molar-refractivity contribution in [2.45, 2.75) is 31.9 Å². The Kier molecular flexibility index (Phi) is 6.01. The quantitative estimate of drug-likeness (QED) is 0.824. The van der Waals surface area contributed by atoms with Crippen molar-refractivity contribution in [3.8, 4) is 0 Å². The molecule has 5 heteroatoms. The smallest absolute Gasteiger partial charge is 0.356 e. The lowest BCUT2D eigenvalue weighted by atomic mass is 9.98. The Morgan fingerprint density at radius 2 is 1.79 bits per heavy atom. The average Bonchev–Trinajstić information content (AvgIpc) is 2.55. The minimum Gasteiger partial charge on any atom is -0.356 e. The highest BCUT2D eigenvalue weighted by atomic mass is 19.4. The van der Waals surface area contributed by atoms with Gasteiger partial charge in [0.15, 0.2) is 0 Å². The van der Waals surface area contributed by atoms with Crippen molar-refractivity contribution >= 4 is 5.91 Å². The highest BCUT2D eigenvalue weighted by Gasteiger charge is 2.30. The number of halogens is 3. The van der Waals surface area contributed by atoms with Gasteiger partial charge in [-0.15, -0.1) is 0 Å². The second-order valence-electron chi connectivity index (χ2n) is 5.83. The van der Waals surface area contributed by atoms with Crippen LogP contribution in [0.1, 0.15) is 36.0 Å². The van der Waals surface area contributed by atoms with Gasteiger partial charge in [0.1, 0.15) is 0 Å². The van der Waals surface area contributed by atoms with Gasteiger partial charge in [-0.1, -0.05) is 55.5 Å². The fraction of sp³-hybridized carbons (Fsp3) is 0.316. The molecule has 0 aliphatic heterocycles. The molecule has 0 spiro atoms. The van der Waals surface area contributed by atoms with E-state index in [-0.39, 0.29) is 12.3 Å². The second-order valence-corrected chi connectivity index (χ2v) is 5.83. The molecule has 1 atom stereocenters. The summed E-state index contributed by atoms with van der Waals surface area (Å²) in [5.74, 6) is 0.0367. The van der Waals surface area contributed by atoms with Crippen molar-refractivity contribution in [2.75, 3.05) is 6.54 Å². The van der Waals surface area contributed by atoms with E-state index in [1.807, 2.05) is 30.3 Å². The lowest BCUT2D eigenvalue weighted by Gasteiger charge is -2.13. The third-order valence-corrected chi connectivity index (χ3v) is 3.89. The Hall–Kier alpha value is -2.30. The Morgan fingerprint density at radius 1 is 1.08 bits per heavy atom. The summed E-state index contributed by atoms with van der Waals surface area (Å²) in [6.45, 7) is 2.57. The van der Waals surface area contributed by atoms with E-state index in [0.29, 0.717) is 18.0 Å². The number of alkyl halides is 3. The van der Waals surface area contributed by atoms with Crippen LogP contribution in [0.4, 0.5) is 13.2 Å². The third kappa shape index (κ3) is 5.41. The highest BCUT2D eigenvalue weighted by Crippen LogP contribution is 2.29. The number of amides is 1. The number of carbonyl (C=O) groups is 1. The molecule has 24 heavy (non-hydrogen) atoms. The van der Waals surface area contributed by atoms with E-state index in [1.165, 1.54) is 17.7 Å². The van der Waals surface area contributed by atoms with Crippen molar-refractivity contribution in [3.05, 3.63) is 71.3 Å². The van der Waals surface area contributed by atoms with Crippen LogP contribution in [0.2, 0.25) is 0 Å². The van der Waals surface area contributed by atoms with Crippen LogP contribution in [-0.2, 0) is 17.4 Å². The predicted molar refractivity (Wildman–Crippen MR) is 87.6 cm³/mol. The molecular weight excluding hydrogens is 315 g/mol. The second kappa shape index (κ2) is 7.99. The van der Waals surface area contributed by atoms with Crippen LogP contribution in [0.3, 0.4) is 0 Å². The molecule has 1 amide bonds. The summed E-state index contributed by atoms with van der Waals surface area (Å²) in [5.41, 5.74) is 0.827. The van der Waals surface area contributed by atoms with Crippen molar-refractivity contribution in [3.63, 3.8) is 0 Å². The molecule has 0 saturated carbocycles. The average molecular weight is 335 g/mol. The zero-order valence-corrected chi connectivity index (χ0v) is 13.4. The molecule has 0 fully saturated rings. The Labute approximate surface area is 139 Å². The van der Waals surface area contributed by atoms with Crippen molar-refractivity contribution in [1.29, 1.82) is 0 Å². The van der Waals surface area contributed by atoms with E-state index < -0.39 is 11.7 Å². The van der Waals surface area contributed by atoms with E-state index in [0.717, 1.165) is 18.6 Å². The van der Waals surface area contributed by atoms with Crippen LogP contribution in [0, 0.1) is 0 Å². The number of rotatable bonds is 6. The summed E-state index contributed by atoms with van der Waals surface area (Å²) in [5, 5.41) is 2.77. The summed E-state index contributed by atoms with van der Waals surface area (Å²) < 4.78 is 38.0. The monoisotopic (exact) mass is 335 g/mol. The van der Waals surface area contributed by atoms with E-state index in [4.69, 9.17) is 0 Å². The first-order valence-electron chi connectivity index (χ1n) is 7.84. The minimum absolute atomic E-state index is 0.0519. The molecule has 0 aliphatic carbocycles. The van der Waals surface area contributed by atoms with Crippen molar-refractivity contribution in [2.24, 2.45) is 0 Å². The maximum Gasteiger partial charge on any atom is 0.416 e. The minimum atomic E-state index is -4.39. The predicted octanol–water partition coefficient (Wildman–Crippen LogP) is 4.56. The van der Waals surface area contributed by atoms with Gasteiger partial charge >= 0.3 is 6.18 Å². The standard InChI is InChI=1S/C19H20F3NO/c1-14(16-7-3-2-4-8-16)10-11-23-18(24)13-15-6-5-9-17(12-15)19(20,21)22/h2-9,12,14H,10-11,13H2,1H3,(H,23,24). The van der Waals surface area contributed by atoms with Crippen LogP contribution in [0.25, 0.3) is 0 Å². The molecule has 0 saturated heterocycles. The van der Waals surface area contributed by atoms with E-state index in [1.54, 1.807) is 0 Å². The molecule has 0 aromatic heterocycles. The van der Waals surface area contributed by atoms with Crippen molar-refractivity contribution in [1.82, 2.24) is 5.32 Å². The van der Waals surface area contributed by atoms with E-state index in [2.05, 4.69) is 12.2 Å². The first kappa shape index (κ1) is 18.0. The van der Waals surface area contributed by atoms with Crippen LogP contribution in [0.5, 0.6) is 0 Å². The van der Waals surface area contributed by atoms with Gasteiger partial charge < -0.3 is 5.32 Å². The molecule has 0 aliphatic rings. The topological polar surface area (TPSA) is 29.1 Å². The number of carbonyl (C=O) groups excluding carboxylic acids is 1. The normalized spacial score (nSPS) is 12.7. The molecule has 0 radical (unpaired) electrons. The summed E-state index contributed by atoms with van der Waals surface area (Å²) in [6.07, 6.45) is -3.67. The van der Waals surface area contributed by atoms with E-state index in [9.17, 15) is 18.0 Å². The molecule has 0 bridgehead atoms. The van der Waals surface area contributed by atoms with Gasteiger partial charge in [0, 0.05) is 6.54 Å². The molecule has 1 N–H and O–H groups in total. The third-order valence-electron chi connectivity index (χ3n) is 3.89. The summed E-state index contributed by atoms with van der Waals surface area (Å²) in [7, 11) is 0. The van der Waals surface area contributed by atoms with Crippen LogP contribution in [0.15, 0.2) is 54.6 Å². The fourth-order valence-corrected chi connectivity index (χ4v) is 2.48. The summed E-state index contributed by atoms with van der Waals surface area (Å²) in [6, 6.07) is 14.8. The van der Waals surface area contributed by atoms with Gasteiger partial charge in [0.2, 0.25) is 5.91 Å². The zero-order valence-electron chi connectivity index (χ0n) is 13.4. The molecule has 2 aromatic carbocycles. The largest absolute Gasteiger partial charge is 0.416 e. The fourth-order valence-electron chi connectivity index (χ4n) is 2.48. The lowest BCUT2D eigenvalue weighted by molar-refractivity contribution is -0.137. The van der Waals surface area contributed by atoms with Crippen LogP contribution in [-0.4, -0.2) is 12.5 Å². The maximum atomic E-state index is 12.7. The van der Waals surface area contributed by atoms with Gasteiger partial charge in [0.05, 0.1) is 12.0 Å². The number of benzene rings is 2. The van der Waals surface area contributed by atoms with E-state index >= 15 is 0 Å². The molecule has 2 rings (SSSR count). The molecule has 128 valence electrons. The Balaban J connectivity index is 1.81. The van der Waals surface area contributed by atoms with Crippen molar-refractivity contribution < 1.29 is 18.0 Å². The zero-order chi connectivity index (χ0) is 17.6. The summed E-state index contributed by atoms with van der Waals surface area (Å²) >= 11 is 0. The number of hydrogen-bond acceptors (Lipinski definition) is 1. The van der Waals surface area contributed by atoms with Gasteiger partial charge in [-0.05, 0) is 29.5 Å². The van der Waals surface area contributed by atoms with Crippen LogP contribution >= 0.6 is 0 Å². The molecule has 1 unspecified atom stereocenters. The van der Waals surface area contributed by atoms with Crippen LogP contribution < -0.4 is 5.32 Å². The molecule has 0 heterocycles. The van der Waals surface area contributed by atoms with Gasteiger partial charge in [-0.25, -0.2) is 0 Å². The lowest BCUT2D eigenvalue weighted by Crippen LogP contribution is -2.27.